The van der Waals surface area contributed by atoms with Gasteiger partial charge in [-0.05, 0) is 43.0 Å². The van der Waals surface area contributed by atoms with Crippen molar-refractivity contribution in [3.8, 4) is 11.3 Å². The highest BCUT2D eigenvalue weighted by molar-refractivity contribution is 5.59. The predicted molar refractivity (Wildman–Crippen MR) is 81.3 cm³/mol. The molecule has 0 spiro atoms. The van der Waals surface area contributed by atoms with Crippen LogP contribution in [0.2, 0.25) is 0 Å². The fourth-order valence-corrected chi connectivity index (χ4v) is 2.38. The van der Waals surface area contributed by atoms with Crippen LogP contribution in [-0.2, 0) is 12.8 Å². The summed E-state index contributed by atoms with van der Waals surface area (Å²) in [6.45, 7) is 4.38. The van der Waals surface area contributed by atoms with Crippen LogP contribution in [-0.4, -0.2) is 0 Å². The second kappa shape index (κ2) is 7.28. The Bertz CT molecular complexity index is 517. The van der Waals surface area contributed by atoms with Gasteiger partial charge in [-0.2, -0.15) is 0 Å². The van der Waals surface area contributed by atoms with Gasteiger partial charge in [0.1, 0.15) is 17.3 Å². The van der Waals surface area contributed by atoms with E-state index >= 15 is 0 Å². The van der Waals surface area contributed by atoms with E-state index in [0.717, 1.165) is 42.8 Å². The average molecular weight is 274 g/mol. The third-order valence-electron chi connectivity index (χ3n) is 3.56. The van der Waals surface area contributed by atoms with E-state index in [9.17, 15) is 4.39 Å². The molecule has 0 aliphatic heterocycles. The third-order valence-corrected chi connectivity index (χ3v) is 3.56. The second-order valence-corrected chi connectivity index (χ2v) is 5.28. The van der Waals surface area contributed by atoms with Crippen molar-refractivity contribution in [1.29, 1.82) is 0 Å². The van der Waals surface area contributed by atoms with Gasteiger partial charge in [0.05, 0.1) is 0 Å². The number of halogens is 1. The van der Waals surface area contributed by atoms with Gasteiger partial charge in [0.25, 0.3) is 0 Å². The summed E-state index contributed by atoms with van der Waals surface area (Å²) in [5.41, 5.74) is 2.12. The van der Waals surface area contributed by atoms with E-state index in [0.29, 0.717) is 0 Å². The molecule has 1 nitrogen and oxygen atoms in total. The van der Waals surface area contributed by atoms with Crippen molar-refractivity contribution in [2.45, 2.75) is 52.4 Å². The highest BCUT2D eigenvalue weighted by Crippen LogP contribution is 2.28. The molecule has 0 unspecified atom stereocenters. The van der Waals surface area contributed by atoms with E-state index in [-0.39, 0.29) is 5.82 Å². The second-order valence-electron chi connectivity index (χ2n) is 5.28. The van der Waals surface area contributed by atoms with Gasteiger partial charge in [0.15, 0.2) is 0 Å². The van der Waals surface area contributed by atoms with Gasteiger partial charge in [-0.25, -0.2) is 4.39 Å². The van der Waals surface area contributed by atoms with Crippen LogP contribution >= 0.6 is 0 Å². The van der Waals surface area contributed by atoms with Crippen molar-refractivity contribution in [2.75, 3.05) is 0 Å². The van der Waals surface area contributed by atoms with Crippen molar-refractivity contribution >= 4 is 0 Å². The molecule has 0 saturated carbocycles. The first-order valence-electron chi connectivity index (χ1n) is 7.62. The standard InChI is InChI=1S/C18H23FO/c1-3-5-8-15-13-18(20-17(15)11-6-4-2)14-9-7-10-16(19)12-14/h7,9-10,12-13H,3-6,8,11H2,1-2H3. The van der Waals surface area contributed by atoms with Crippen LogP contribution in [0.1, 0.15) is 50.9 Å². The molecule has 0 atom stereocenters. The maximum atomic E-state index is 13.3. The van der Waals surface area contributed by atoms with E-state index < -0.39 is 0 Å². The number of aryl methyl sites for hydroxylation is 2. The van der Waals surface area contributed by atoms with E-state index in [1.165, 1.54) is 30.5 Å². The van der Waals surface area contributed by atoms with Gasteiger partial charge in [-0.1, -0.05) is 38.8 Å². The molecule has 0 aliphatic carbocycles. The molecule has 0 amide bonds. The summed E-state index contributed by atoms with van der Waals surface area (Å²) in [5.74, 6) is 1.66. The van der Waals surface area contributed by atoms with Crippen LogP contribution in [0.4, 0.5) is 4.39 Å². The first kappa shape index (κ1) is 14.8. The Kier molecular flexibility index (Phi) is 5.40. The Morgan fingerprint density at radius 2 is 1.75 bits per heavy atom. The summed E-state index contributed by atoms with van der Waals surface area (Å²) in [7, 11) is 0. The lowest BCUT2D eigenvalue weighted by molar-refractivity contribution is 0.505. The Morgan fingerprint density at radius 3 is 2.45 bits per heavy atom. The minimum Gasteiger partial charge on any atom is -0.461 e. The summed E-state index contributed by atoms with van der Waals surface area (Å²) in [4.78, 5) is 0. The first-order valence-corrected chi connectivity index (χ1v) is 7.62. The van der Waals surface area contributed by atoms with E-state index in [1.54, 1.807) is 6.07 Å². The lowest BCUT2D eigenvalue weighted by Crippen LogP contribution is -1.89. The number of rotatable bonds is 7. The summed E-state index contributed by atoms with van der Waals surface area (Å²) in [6.07, 6.45) is 6.66. The highest BCUT2D eigenvalue weighted by Gasteiger charge is 2.12. The molecule has 0 aliphatic rings. The molecule has 2 heteroatoms. The van der Waals surface area contributed by atoms with Crippen molar-refractivity contribution in [3.05, 3.63) is 47.5 Å². The van der Waals surface area contributed by atoms with Gasteiger partial charge in [0.2, 0.25) is 0 Å². The molecule has 2 aromatic rings. The Labute approximate surface area is 120 Å². The van der Waals surface area contributed by atoms with Gasteiger partial charge in [-0.15, -0.1) is 0 Å². The van der Waals surface area contributed by atoms with Crippen LogP contribution in [0.5, 0.6) is 0 Å². The van der Waals surface area contributed by atoms with Crippen LogP contribution in [0.15, 0.2) is 34.7 Å². The minimum atomic E-state index is -0.218. The van der Waals surface area contributed by atoms with Crippen molar-refractivity contribution in [3.63, 3.8) is 0 Å². The van der Waals surface area contributed by atoms with E-state index in [4.69, 9.17) is 4.42 Å². The number of furan rings is 1. The highest BCUT2D eigenvalue weighted by atomic mass is 19.1. The van der Waals surface area contributed by atoms with Gasteiger partial charge in [-0.3, -0.25) is 0 Å². The zero-order chi connectivity index (χ0) is 14.4. The van der Waals surface area contributed by atoms with E-state index in [2.05, 4.69) is 19.9 Å². The maximum Gasteiger partial charge on any atom is 0.134 e. The largest absolute Gasteiger partial charge is 0.461 e. The normalized spacial score (nSPS) is 10.9. The molecular weight excluding hydrogens is 251 g/mol. The zero-order valence-corrected chi connectivity index (χ0v) is 12.4. The molecule has 0 bridgehead atoms. The SMILES string of the molecule is CCCCc1cc(-c2cccc(F)c2)oc1CCCC. The molecule has 1 aromatic carbocycles. The van der Waals surface area contributed by atoms with Gasteiger partial charge in [0, 0.05) is 12.0 Å². The number of unbranched alkanes of at least 4 members (excludes halogenated alkanes) is 2. The first-order chi connectivity index (χ1) is 9.74. The Balaban J connectivity index is 2.27. The van der Waals surface area contributed by atoms with E-state index in [1.807, 2.05) is 6.07 Å². The van der Waals surface area contributed by atoms with Crippen LogP contribution in [0, 0.1) is 5.82 Å². The fraction of sp³-hybridized carbons (Fsp3) is 0.444. The molecule has 1 heterocycles. The lowest BCUT2D eigenvalue weighted by Gasteiger charge is -2.00. The van der Waals surface area contributed by atoms with Crippen molar-refractivity contribution < 1.29 is 8.81 Å². The van der Waals surface area contributed by atoms with Crippen LogP contribution < -0.4 is 0 Å². The third kappa shape index (κ3) is 3.72. The molecule has 1 aromatic heterocycles. The topological polar surface area (TPSA) is 13.1 Å². The summed E-state index contributed by atoms with van der Waals surface area (Å²) in [5, 5.41) is 0. The van der Waals surface area contributed by atoms with Gasteiger partial charge < -0.3 is 4.42 Å². The van der Waals surface area contributed by atoms with Crippen LogP contribution in [0.25, 0.3) is 11.3 Å². The van der Waals surface area contributed by atoms with Gasteiger partial charge >= 0.3 is 0 Å². The Morgan fingerprint density at radius 1 is 1.00 bits per heavy atom. The lowest BCUT2D eigenvalue weighted by atomic mass is 10.0. The number of hydrogen-bond acceptors (Lipinski definition) is 1. The van der Waals surface area contributed by atoms with Crippen molar-refractivity contribution in [1.82, 2.24) is 0 Å². The molecule has 0 saturated heterocycles. The smallest absolute Gasteiger partial charge is 0.134 e. The summed E-state index contributed by atoms with van der Waals surface area (Å²) in [6, 6.07) is 8.71. The molecule has 108 valence electrons. The molecular formula is C18H23FO. The summed E-state index contributed by atoms with van der Waals surface area (Å²) >= 11 is 0. The molecule has 20 heavy (non-hydrogen) atoms. The quantitative estimate of drug-likeness (QED) is 0.624. The fourth-order valence-electron chi connectivity index (χ4n) is 2.38. The molecule has 2 rings (SSSR count). The number of benzene rings is 1. The Hall–Kier alpha value is -1.57. The molecule has 0 radical (unpaired) electrons. The predicted octanol–water partition coefficient (Wildman–Crippen LogP) is 5.77. The average Bonchev–Trinajstić information content (AvgIpc) is 2.86. The van der Waals surface area contributed by atoms with Crippen molar-refractivity contribution in [2.24, 2.45) is 0 Å². The van der Waals surface area contributed by atoms with Crippen LogP contribution in [0.3, 0.4) is 0 Å². The monoisotopic (exact) mass is 274 g/mol. The maximum absolute atomic E-state index is 13.3. The minimum absolute atomic E-state index is 0.218. The zero-order valence-electron chi connectivity index (χ0n) is 12.4. The summed E-state index contributed by atoms with van der Waals surface area (Å²) < 4.78 is 19.3. The molecule has 0 N–H and O–H groups in total. The number of hydrogen-bond donors (Lipinski definition) is 0. The molecule has 0 fully saturated rings.